The predicted octanol–water partition coefficient (Wildman–Crippen LogP) is 4.00. The Balaban J connectivity index is 1.30. The number of rotatable bonds is 12. The van der Waals surface area contributed by atoms with Crippen molar-refractivity contribution in [3.05, 3.63) is 78.9 Å². The average molecular weight is 602 g/mol. The lowest BCUT2D eigenvalue weighted by Gasteiger charge is -2.28. The molecule has 1 atom stereocenters. The Morgan fingerprint density at radius 1 is 0.854 bits per heavy atom. The standard InChI is InChI=1S/C29H35N3O7S2/c1-23(32(40(2,34)35)24-11-13-27(14-12-24)39-26-9-5-3-6-10-26)29(33)30-19-22-38-25-15-17-28(18-16-25)41(36,37)31-20-7-4-8-21-31/h3,5-6,9-18,23H,4,7-8,19-22H2,1-2H3,(H,30,33)/t23-/m1/s1. The second-order valence-electron chi connectivity index (χ2n) is 9.72. The summed E-state index contributed by atoms with van der Waals surface area (Å²) in [4.78, 5) is 13.1. The van der Waals surface area contributed by atoms with Gasteiger partial charge in [0.2, 0.25) is 26.0 Å². The minimum atomic E-state index is -3.78. The van der Waals surface area contributed by atoms with E-state index in [4.69, 9.17) is 9.47 Å². The number of piperidine rings is 1. The molecule has 1 saturated heterocycles. The van der Waals surface area contributed by atoms with Gasteiger partial charge in [0.25, 0.3) is 0 Å². The maximum absolute atomic E-state index is 12.9. The molecule has 1 N–H and O–H groups in total. The number of anilines is 1. The largest absolute Gasteiger partial charge is 0.492 e. The molecule has 0 aliphatic carbocycles. The van der Waals surface area contributed by atoms with E-state index in [2.05, 4.69) is 5.32 Å². The van der Waals surface area contributed by atoms with Crippen molar-refractivity contribution in [3.8, 4) is 17.2 Å². The molecule has 1 aliphatic heterocycles. The molecule has 0 unspecified atom stereocenters. The number of ether oxygens (including phenoxy) is 2. The summed E-state index contributed by atoms with van der Waals surface area (Å²) in [5.41, 5.74) is 0.325. The molecule has 220 valence electrons. The van der Waals surface area contributed by atoms with Crippen LogP contribution in [0, 0.1) is 0 Å². The number of sulfonamides is 2. The molecule has 12 heteroatoms. The molecule has 3 aromatic rings. The number of carbonyl (C=O) groups excluding carboxylic acids is 1. The molecule has 1 fully saturated rings. The van der Waals surface area contributed by atoms with E-state index < -0.39 is 32.0 Å². The van der Waals surface area contributed by atoms with Gasteiger partial charge in [-0.2, -0.15) is 4.31 Å². The third-order valence-corrected chi connectivity index (χ3v) is 9.76. The third kappa shape index (κ3) is 7.99. The summed E-state index contributed by atoms with van der Waals surface area (Å²) in [5.74, 6) is 1.14. The molecule has 4 rings (SSSR count). The highest BCUT2D eigenvalue weighted by atomic mass is 32.2. The fourth-order valence-corrected chi connectivity index (χ4v) is 7.24. The van der Waals surface area contributed by atoms with Crippen LogP contribution < -0.4 is 19.1 Å². The number of hydrogen-bond acceptors (Lipinski definition) is 7. The van der Waals surface area contributed by atoms with E-state index in [1.54, 1.807) is 36.4 Å². The lowest BCUT2D eigenvalue weighted by atomic mass is 10.2. The summed E-state index contributed by atoms with van der Waals surface area (Å²) >= 11 is 0. The first kappa shape index (κ1) is 30.4. The van der Waals surface area contributed by atoms with E-state index in [1.165, 1.54) is 23.4 Å². The highest BCUT2D eigenvalue weighted by molar-refractivity contribution is 7.92. The van der Waals surface area contributed by atoms with Gasteiger partial charge in [-0.15, -0.1) is 0 Å². The lowest BCUT2D eigenvalue weighted by Crippen LogP contribution is -2.48. The monoisotopic (exact) mass is 601 g/mol. The summed E-state index contributed by atoms with van der Waals surface area (Å²) in [5, 5.41) is 2.70. The van der Waals surface area contributed by atoms with Crippen LogP contribution >= 0.6 is 0 Å². The van der Waals surface area contributed by atoms with Gasteiger partial charge < -0.3 is 14.8 Å². The number of amides is 1. The first-order valence-corrected chi connectivity index (χ1v) is 16.7. The van der Waals surface area contributed by atoms with E-state index in [9.17, 15) is 21.6 Å². The van der Waals surface area contributed by atoms with Crippen LogP contribution in [-0.2, 0) is 24.8 Å². The molecule has 41 heavy (non-hydrogen) atoms. The van der Waals surface area contributed by atoms with Crippen molar-refractivity contribution in [1.82, 2.24) is 9.62 Å². The van der Waals surface area contributed by atoms with Gasteiger partial charge in [-0.25, -0.2) is 16.8 Å². The number of nitrogens with zero attached hydrogens (tertiary/aromatic N) is 2. The van der Waals surface area contributed by atoms with E-state index in [0.717, 1.165) is 29.8 Å². The van der Waals surface area contributed by atoms with Crippen molar-refractivity contribution in [2.24, 2.45) is 0 Å². The van der Waals surface area contributed by atoms with Crippen LogP contribution in [0.25, 0.3) is 0 Å². The molecular weight excluding hydrogens is 566 g/mol. The molecule has 1 amide bonds. The van der Waals surface area contributed by atoms with Crippen LogP contribution in [-0.4, -0.2) is 65.6 Å². The smallest absolute Gasteiger partial charge is 0.243 e. The topological polar surface area (TPSA) is 122 Å². The van der Waals surface area contributed by atoms with Crippen molar-refractivity contribution in [1.29, 1.82) is 0 Å². The van der Waals surface area contributed by atoms with Crippen LogP contribution in [0.4, 0.5) is 5.69 Å². The Morgan fingerprint density at radius 2 is 1.44 bits per heavy atom. The van der Waals surface area contributed by atoms with E-state index >= 15 is 0 Å². The van der Waals surface area contributed by atoms with Gasteiger partial charge in [0.15, 0.2) is 0 Å². The number of benzene rings is 3. The summed E-state index contributed by atoms with van der Waals surface area (Å²) < 4.78 is 64.8. The van der Waals surface area contributed by atoms with Crippen molar-refractivity contribution in [2.75, 3.05) is 36.8 Å². The second kappa shape index (κ2) is 13.4. The summed E-state index contributed by atoms with van der Waals surface area (Å²) in [6.07, 6.45) is 3.81. The summed E-state index contributed by atoms with van der Waals surface area (Å²) in [6, 6.07) is 20.8. The Labute approximate surface area is 242 Å². The normalized spacial score (nSPS) is 15.1. The number of para-hydroxylation sites is 1. The van der Waals surface area contributed by atoms with Crippen molar-refractivity contribution >= 4 is 31.6 Å². The molecule has 1 heterocycles. The maximum Gasteiger partial charge on any atom is 0.243 e. The Morgan fingerprint density at radius 3 is 2.05 bits per heavy atom. The van der Waals surface area contributed by atoms with Gasteiger partial charge in [-0.3, -0.25) is 9.10 Å². The van der Waals surface area contributed by atoms with Crippen molar-refractivity contribution < 1.29 is 31.1 Å². The van der Waals surface area contributed by atoms with E-state index in [0.29, 0.717) is 36.0 Å². The first-order chi connectivity index (χ1) is 19.6. The number of carbonyl (C=O) groups is 1. The quantitative estimate of drug-likeness (QED) is 0.312. The fourth-order valence-electron chi connectivity index (χ4n) is 4.55. The minimum absolute atomic E-state index is 0.112. The molecular formula is C29H35N3O7S2. The summed E-state index contributed by atoms with van der Waals surface area (Å²) in [7, 11) is -7.31. The highest BCUT2D eigenvalue weighted by Gasteiger charge is 2.29. The van der Waals surface area contributed by atoms with Crippen molar-refractivity contribution in [3.63, 3.8) is 0 Å². The molecule has 10 nitrogen and oxygen atoms in total. The Hall–Kier alpha value is -3.61. The van der Waals surface area contributed by atoms with Gasteiger partial charge >= 0.3 is 0 Å². The average Bonchev–Trinajstić information content (AvgIpc) is 2.97. The number of hydrogen-bond donors (Lipinski definition) is 1. The molecule has 0 bridgehead atoms. The van der Waals surface area contributed by atoms with E-state index in [1.807, 2.05) is 30.3 Å². The number of nitrogens with one attached hydrogen (secondary N) is 1. The van der Waals surface area contributed by atoms with Gasteiger partial charge in [0.05, 0.1) is 23.4 Å². The van der Waals surface area contributed by atoms with Gasteiger partial charge in [-0.1, -0.05) is 24.6 Å². The molecule has 0 spiro atoms. The fraction of sp³-hybridized carbons (Fsp3) is 0.345. The summed E-state index contributed by atoms with van der Waals surface area (Å²) in [6.45, 7) is 2.81. The lowest BCUT2D eigenvalue weighted by molar-refractivity contribution is -0.121. The zero-order chi connectivity index (χ0) is 29.5. The van der Waals surface area contributed by atoms with Gasteiger partial charge in [-0.05, 0) is 80.4 Å². The first-order valence-electron chi connectivity index (χ1n) is 13.4. The molecule has 0 radical (unpaired) electrons. The Bertz CT molecular complexity index is 1510. The third-order valence-electron chi connectivity index (χ3n) is 6.61. The second-order valence-corrected chi connectivity index (χ2v) is 13.5. The minimum Gasteiger partial charge on any atom is -0.492 e. The molecule has 3 aromatic carbocycles. The maximum atomic E-state index is 12.9. The van der Waals surface area contributed by atoms with E-state index in [-0.39, 0.29) is 18.0 Å². The highest BCUT2D eigenvalue weighted by Crippen LogP contribution is 2.27. The van der Waals surface area contributed by atoms with Crippen LogP contribution in [0.5, 0.6) is 17.2 Å². The van der Waals surface area contributed by atoms with Gasteiger partial charge in [0.1, 0.15) is 29.9 Å². The zero-order valence-electron chi connectivity index (χ0n) is 23.1. The molecule has 0 aromatic heterocycles. The zero-order valence-corrected chi connectivity index (χ0v) is 24.7. The van der Waals surface area contributed by atoms with Gasteiger partial charge in [0, 0.05) is 13.1 Å². The van der Waals surface area contributed by atoms with Crippen molar-refractivity contribution in [2.45, 2.75) is 37.1 Å². The van der Waals surface area contributed by atoms with Crippen LogP contribution in [0.15, 0.2) is 83.8 Å². The molecule has 0 saturated carbocycles. The SMILES string of the molecule is C[C@H](C(=O)NCCOc1ccc(S(=O)(=O)N2CCCCC2)cc1)N(c1ccc(Oc2ccccc2)cc1)S(C)(=O)=O. The Kier molecular flexibility index (Phi) is 9.90. The van der Waals surface area contributed by atoms with Crippen LogP contribution in [0.1, 0.15) is 26.2 Å². The van der Waals surface area contributed by atoms with Crippen LogP contribution in [0.3, 0.4) is 0 Å². The predicted molar refractivity (Wildman–Crippen MR) is 157 cm³/mol. The van der Waals surface area contributed by atoms with Crippen LogP contribution in [0.2, 0.25) is 0 Å². The molecule has 1 aliphatic rings.